The van der Waals surface area contributed by atoms with Crippen LogP contribution in [0, 0.1) is 5.92 Å². The fourth-order valence-corrected chi connectivity index (χ4v) is 1.69. The molecular weight excluding hydrogens is 204 g/mol. The molecule has 0 aliphatic carbocycles. The third-order valence-corrected chi connectivity index (χ3v) is 2.46. The lowest BCUT2D eigenvalue weighted by molar-refractivity contribution is -0.320. The van der Waals surface area contributed by atoms with Gasteiger partial charge >= 0.3 is 5.97 Å². The minimum Gasteiger partial charge on any atom is -0.426 e. The minimum atomic E-state index is -0.974. The lowest BCUT2D eigenvalue weighted by Gasteiger charge is -2.32. The Kier molecular flexibility index (Phi) is 2.80. The van der Waals surface area contributed by atoms with Gasteiger partial charge in [-0.3, -0.25) is 0 Å². The third-order valence-electron chi connectivity index (χ3n) is 2.46. The van der Waals surface area contributed by atoms with Crippen LogP contribution in [0.1, 0.15) is 27.7 Å². The van der Waals surface area contributed by atoms with E-state index in [2.05, 4.69) is 0 Å². The zero-order valence-electron chi connectivity index (χ0n) is 10.2. The number of fused-ring (bicyclic) bond motifs is 1. The van der Waals surface area contributed by atoms with E-state index >= 15 is 0 Å². The van der Waals surface area contributed by atoms with E-state index in [0.717, 1.165) is 11.5 Å². The van der Waals surface area contributed by atoms with Crippen molar-refractivity contribution in [1.29, 1.82) is 0 Å². The summed E-state index contributed by atoms with van der Waals surface area (Å²) < 4.78 is 17.4. The monoisotopic (exact) mass is 222 g/mol. The van der Waals surface area contributed by atoms with Gasteiger partial charge in [0.05, 0.1) is 12.0 Å². The van der Waals surface area contributed by atoms with Crippen molar-refractivity contribution in [3.05, 3.63) is 24.3 Å². The summed E-state index contributed by atoms with van der Waals surface area (Å²) in [6.45, 7) is 7.99. The zero-order valence-corrected chi connectivity index (χ0v) is 10.2. The highest BCUT2D eigenvalue weighted by atomic mass is 16.9. The predicted octanol–water partition coefficient (Wildman–Crippen LogP) is 3.19. The van der Waals surface area contributed by atoms with E-state index < -0.39 is 5.97 Å². The van der Waals surface area contributed by atoms with Crippen molar-refractivity contribution in [3.63, 3.8) is 0 Å². The summed E-state index contributed by atoms with van der Waals surface area (Å²) in [6, 6.07) is 7.63. The SMILES string of the molecule is CC(C)OC1(C(C)C)Oc2ccccc2O1. The minimum absolute atomic E-state index is 0.0525. The van der Waals surface area contributed by atoms with E-state index in [4.69, 9.17) is 14.2 Å². The molecule has 0 unspecified atom stereocenters. The van der Waals surface area contributed by atoms with Crippen molar-refractivity contribution in [3.8, 4) is 11.5 Å². The molecule has 1 heterocycles. The van der Waals surface area contributed by atoms with Gasteiger partial charge < -0.3 is 14.2 Å². The first-order chi connectivity index (χ1) is 7.53. The van der Waals surface area contributed by atoms with Crippen LogP contribution in [0.4, 0.5) is 0 Å². The van der Waals surface area contributed by atoms with Crippen molar-refractivity contribution in [2.75, 3.05) is 0 Å². The van der Waals surface area contributed by atoms with E-state index in [1.807, 2.05) is 52.0 Å². The van der Waals surface area contributed by atoms with Crippen molar-refractivity contribution >= 4 is 0 Å². The first-order valence-corrected chi connectivity index (χ1v) is 5.68. The summed E-state index contributed by atoms with van der Waals surface area (Å²) in [6.07, 6.45) is 0.0525. The van der Waals surface area contributed by atoms with E-state index in [0.29, 0.717) is 0 Å². The van der Waals surface area contributed by atoms with Crippen molar-refractivity contribution in [2.24, 2.45) is 5.92 Å². The van der Waals surface area contributed by atoms with Gasteiger partial charge in [0, 0.05) is 0 Å². The standard InChI is InChI=1S/C13H18O3/c1-9(2)13(14-10(3)4)15-11-7-5-6-8-12(11)16-13/h5-10H,1-4H3. The summed E-state index contributed by atoms with van der Waals surface area (Å²) in [5, 5.41) is 0. The molecule has 3 heteroatoms. The van der Waals surface area contributed by atoms with Gasteiger partial charge in [-0.1, -0.05) is 26.0 Å². The molecule has 0 spiro atoms. The Morgan fingerprint density at radius 3 is 1.88 bits per heavy atom. The van der Waals surface area contributed by atoms with Crippen LogP contribution in [0.3, 0.4) is 0 Å². The van der Waals surface area contributed by atoms with Crippen molar-refractivity contribution in [1.82, 2.24) is 0 Å². The second kappa shape index (κ2) is 3.98. The van der Waals surface area contributed by atoms with Crippen LogP contribution in [0.25, 0.3) is 0 Å². The van der Waals surface area contributed by atoms with Gasteiger partial charge in [0.1, 0.15) is 0 Å². The maximum absolute atomic E-state index is 5.82. The highest BCUT2D eigenvalue weighted by Crippen LogP contribution is 2.43. The van der Waals surface area contributed by atoms with Crippen molar-refractivity contribution in [2.45, 2.75) is 39.8 Å². The molecule has 0 bridgehead atoms. The number of ether oxygens (including phenoxy) is 3. The highest BCUT2D eigenvalue weighted by molar-refractivity contribution is 5.42. The fraction of sp³-hybridized carbons (Fsp3) is 0.538. The van der Waals surface area contributed by atoms with Crippen LogP contribution in [0.5, 0.6) is 11.5 Å². The number of rotatable bonds is 3. The van der Waals surface area contributed by atoms with Crippen molar-refractivity contribution < 1.29 is 14.2 Å². The number of benzene rings is 1. The molecule has 0 fully saturated rings. The smallest absolute Gasteiger partial charge is 0.374 e. The molecule has 0 N–H and O–H groups in total. The molecule has 3 nitrogen and oxygen atoms in total. The van der Waals surface area contributed by atoms with Crippen LogP contribution < -0.4 is 9.47 Å². The average Bonchev–Trinajstić information content (AvgIpc) is 2.55. The van der Waals surface area contributed by atoms with Crippen LogP contribution >= 0.6 is 0 Å². The lowest BCUT2D eigenvalue weighted by atomic mass is 10.2. The molecule has 0 saturated heterocycles. The summed E-state index contributed by atoms with van der Waals surface area (Å²) in [7, 11) is 0. The van der Waals surface area contributed by atoms with E-state index in [1.54, 1.807) is 0 Å². The van der Waals surface area contributed by atoms with Gasteiger partial charge in [-0.15, -0.1) is 0 Å². The van der Waals surface area contributed by atoms with Crippen LogP contribution in [-0.4, -0.2) is 12.1 Å². The number of para-hydroxylation sites is 2. The van der Waals surface area contributed by atoms with Crippen LogP contribution in [0.2, 0.25) is 0 Å². The molecular formula is C13H18O3. The largest absolute Gasteiger partial charge is 0.426 e. The molecule has 0 saturated carbocycles. The molecule has 1 aromatic carbocycles. The van der Waals surface area contributed by atoms with Gasteiger partial charge in [0.15, 0.2) is 11.5 Å². The zero-order chi connectivity index (χ0) is 11.8. The molecule has 0 radical (unpaired) electrons. The maximum atomic E-state index is 5.82. The Hall–Kier alpha value is -1.22. The first-order valence-electron chi connectivity index (χ1n) is 5.68. The van der Waals surface area contributed by atoms with E-state index in [9.17, 15) is 0 Å². The molecule has 0 atom stereocenters. The van der Waals surface area contributed by atoms with Gasteiger partial charge in [-0.2, -0.15) is 0 Å². The highest BCUT2D eigenvalue weighted by Gasteiger charge is 2.47. The maximum Gasteiger partial charge on any atom is 0.374 e. The molecule has 88 valence electrons. The van der Waals surface area contributed by atoms with Crippen LogP contribution in [-0.2, 0) is 4.74 Å². The number of hydrogen-bond donors (Lipinski definition) is 0. The third kappa shape index (κ3) is 1.87. The normalized spacial score (nSPS) is 17.1. The first kappa shape index (κ1) is 11.3. The van der Waals surface area contributed by atoms with Gasteiger partial charge in [-0.25, -0.2) is 0 Å². The predicted molar refractivity (Wildman–Crippen MR) is 61.5 cm³/mol. The summed E-state index contributed by atoms with van der Waals surface area (Å²) in [4.78, 5) is 0. The molecule has 1 aliphatic heterocycles. The molecule has 16 heavy (non-hydrogen) atoms. The summed E-state index contributed by atoms with van der Waals surface area (Å²) >= 11 is 0. The molecule has 1 aliphatic rings. The molecule has 0 aromatic heterocycles. The fourth-order valence-electron chi connectivity index (χ4n) is 1.69. The Bertz CT molecular complexity index is 346. The molecule has 0 amide bonds. The Labute approximate surface area is 96.3 Å². The van der Waals surface area contributed by atoms with Crippen LogP contribution in [0.15, 0.2) is 24.3 Å². The number of hydrogen-bond acceptors (Lipinski definition) is 3. The average molecular weight is 222 g/mol. The quantitative estimate of drug-likeness (QED) is 0.786. The van der Waals surface area contributed by atoms with Gasteiger partial charge in [0.25, 0.3) is 0 Å². The lowest BCUT2D eigenvalue weighted by Crippen LogP contribution is -2.48. The van der Waals surface area contributed by atoms with E-state index in [1.165, 1.54) is 0 Å². The summed E-state index contributed by atoms with van der Waals surface area (Å²) in [5.41, 5.74) is 0. The topological polar surface area (TPSA) is 27.7 Å². The Morgan fingerprint density at radius 1 is 1.00 bits per heavy atom. The van der Waals surface area contributed by atoms with Gasteiger partial charge in [0.2, 0.25) is 0 Å². The second-order valence-electron chi connectivity index (χ2n) is 4.58. The van der Waals surface area contributed by atoms with E-state index in [-0.39, 0.29) is 12.0 Å². The Balaban J connectivity index is 2.27. The second-order valence-corrected chi connectivity index (χ2v) is 4.58. The Morgan fingerprint density at radius 2 is 1.50 bits per heavy atom. The van der Waals surface area contributed by atoms with Gasteiger partial charge in [-0.05, 0) is 26.0 Å². The molecule has 1 aromatic rings. The summed E-state index contributed by atoms with van der Waals surface area (Å²) in [5.74, 6) is 0.633. The molecule has 2 rings (SSSR count).